The number of piperidine rings is 1. The number of likely N-dealkylation sites (N-methyl/N-ethyl adjacent to an activating group) is 1. The molecule has 1 aromatic carbocycles. The number of carbonyl (C=O) groups is 1. The summed E-state index contributed by atoms with van der Waals surface area (Å²) in [6, 6.07) is 7.03. The number of benzene rings is 1. The van der Waals surface area contributed by atoms with Gasteiger partial charge in [-0.1, -0.05) is 0 Å². The summed E-state index contributed by atoms with van der Waals surface area (Å²) in [5.41, 5.74) is 1.65. The van der Waals surface area contributed by atoms with Crippen LogP contribution in [0, 0.1) is 18.3 Å². The number of anilines is 1. The van der Waals surface area contributed by atoms with Crippen LogP contribution in [0.1, 0.15) is 18.4 Å². The average Bonchev–Trinajstić information content (AvgIpc) is 2.57. The molecule has 1 aromatic rings. The third-order valence-corrected chi connectivity index (χ3v) is 4.49. The first-order chi connectivity index (χ1) is 11.4. The van der Waals surface area contributed by atoms with Crippen LogP contribution in [-0.2, 0) is 4.79 Å². The fourth-order valence-corrected chi connectivity index (χ4v) is 2.84. The molecule has 6 nitrogen and oxygen atoms in total. The number of phenolic OH excluding ortho intramolecular Hbond substituents is 1. The highest BCUT2D eigenvalue weighted by atomic mass is 16.3. The quantitative estimate of drug-likeness (QED) is 0.502. The smallest absolute Gasteiger partial charge is 0.266 e. The molecule has 0 atom stereocenters. The molecule has 1 heterocycles. The molecule has 1 saturated heterocycles. The molecule has 24 heavy (non-hydrogen) atoms. The van der Waals surface area contributed by atoms with Gasteiger partial charge < -0.3 is 20.2 Å². The summed E-state index contributed by atoms with van der Waals surface area (Å²) in [6.07, 6.45) is 3.27. The van der Waals surface area contributed by atoms with Crippen LogP contribution >= 0.6 is 0 Å². The van der Waals surface area contributed by atoms with Gasteiger partial charge in [-0.2, -0.15) is 5.26 Å². The van der Waals surface area contributed by atoms with Crippen LogP contribution in [0.25, 0.3) is 0 Å². The van der Waals surface area contributed by atoms with Gasteiger partial charge in [-0.3, -0.25) is 4.79 Å². The fraction of sp³-hybridized carbons (Fsp3) is 0.444. The Morgan fingerprint density at radius 2 is 2.12 bits per heavy atom. The van der Waals surface area contributed by atoms with Gasteiger partial charge in [0, 0.05) is 25.0 Å². The molecule has 1 fully saturated rings. The number of rotatable bonds is 4. The Labute approximate surface area is 143 Å². The third kappa shape index (κ3) is 4.27. The van der Waals surface area contributed by atoms with E-state index in [9.17, 15) is 15.2 Å². The van der Waals surface area contributed by atoms with Gasteiger partial charge in [0.25, 0.3) is 5.91 Å². The van der Waals surface area contributed by atoms with E-state index in [0.717, 1.165) is 37.2 Å². The van der Waals surface area contributed by atoms with E-state index in [0.29, 0.717) is 0 Å². The van der Waals surface area contributed by atoms with Crippen molar-refractivity contribution in [2.24, 2.45) is 0 Å². The van der Waals surface area contributed by atoms with Gasteiger partial charge in [-0.25, -0.2) is 0 Å². The number of likely N-dealkylation sites (tertiary alicyclic amines) is 1. The Balaban J connectivity index is 2.06. The number of amides is 1. The predicted octanol–water partition coefficient (Wildman–Crippen LogP) is 2.07. The molecule has 2 N–H and O–H groups in total. The van der Waals surface area contributed by atoms with Crippen molar-refractivity contribution in [3.63, 3.8) is 0 Å². The minimum Gasteiger partial charge on any atom is -0.508 e. The van der Waals surface area contributed by atoms with E-state index in [-0.39, 0.29) is 23.3 Å². The summed E-state index contributed by atoms with van der Waals surface area (Å²) in [5, 5.41) is 21.7. The Hall–Kier alpha value is -2.52. The third-order valence-electron chi connectivity index (χ3n) is 4.49. The van der Waals surface area contributed by atoms with E-state index in [2.05, 4.69) is 17.3 Å². The van der Waals surface area contributed by atoms with Crippen molar-refractivity contribution in [1.29, 1.82) is 5.26 Å². The van der Waals surface area contributed by atoms with Crippen LogP contribution in [0.4, 0.5) is 5.69 Å². The highest BCUT2D eigenvalue weighted by Crippen LogP contribution is 2.21. The zero-order chi connectivity index (χ0) is 17.7. The van der Waals surface area contributed by atoms with Crippen molar-refractivity contribution in [2.75, 3.05) is 32.5 Å². The van der Waals surface area contributed by atoms with Crippen LogP contribution in [-0.4, -0.2) is 54.0 Å². The first kappa shape index (κ1) is 17.8. The number of phenols is 1. The second-order valence-corrected chi connectivity index (χ2v) is 6.26. The number of nitriles is 1. The molecule has 2 rings (SSSR count). The lowest BCUT2D eigenvalue weighted by Crippen LogP contribution is -2.44. The minimum absolute atomic E-state index is 0.0731. The van der Waals surface area contributed by atoms with Crippen molar-refractivity contribution >= 4 is 11.6 Å². The van der Waals surface area contributed by atoms with E-state index in [1.54, 1.807) is 30.1 Å². The van der Waals surface area contributed by atoms with Gasteiger partial charge in [-0.15, -0.1) is 0 Å². The summed E-state index contributed by atoms with van der Waals surface area (Å²) >= 11 is 0. The second kappa shape index (κ2) is 7.84. The Morgan fingerprint density at radius 3 is 2.71 bits per heavy atom. The number of nitrogens with zero attached hydrogens (tertiary/aromatic N) is 3. The van der Waals surface area contributed by atoms with E-state index in [1.807, 2.05) is 13.0 Å². The van der Waals surface area contributed by atoms with E-state index < -0.39 is 0 Å². The maximum absolute atomic E-state index is 12.6. The number of carbonyl (C=O) groups excluding carboxylic acids is 1. The molecule has 6 heteroatoms. The summed E-state index contributed by atoms with van der Waals surface area (Å²) < 4.78 is 0. The largest absolute Gasteiger partial charge is 0.508 e. The summed E-state index contributed by atoms with van der Waals surface area (Å²) in [4.78, 5) is 16.5. The molecule has 0 spiro atoms. The summed E-state index contributed by atoms with van der Waals surface area (Å²) in [7, 11) is 3.83. The van der Waals surface area contributed by atoms with E-state index >= 15 is 0 Å². The van der Waals surface area contributed by atoms with Crippen molar-refractivity contribution in [3.05, 3.63) is 35.5 Å². The van der Waals surface area contributed by atoms with Gasteiger partial charge in [0.15, 0.2) is 0 Å². The lowest BCUT2D eigenvalue weighted by atomic mass is 10.0. The lowest BCUT2D eigenvalue weighted by molar-refractivity contribution is -0.128. The zero-order valence-electron chi connectivity index (χ0n) is 14.4. The molecule has 1 aliphatic heterocycles. The predicted molar refractivity (Wildman–Crippen MR) is 93.5 cm³/mol. The van der Waals surface area contributed by atoms with Crippen molar-refractivity contribution in [2.45, 2.75) is 25.8 Å². The van der Waals surface area contributed by atoms with Crippen molar-refractivity contribution < 1.29 is 9.90 Å². The first-order valence-corrected chi connectivity index (χ1v) is 8.04. The molecular formula is C18H24N4O2. The molecular weight excluding hydrogens is 304 g/mol. The topological polar surface area (TPSA) is 79.6 Å². The van der Waals surface area contributed by atoms with E-state index in [1.165, 1.54) is 6.20 Å². The van der Waals surface area contributed by atoms with Gasteiger partial charge in [0.1, 0.15) is 17.4 Å². The Morgan fingerprint density at radius 1 is 1.46 bits per heavy atom. The summed E-state index contributed by atoms with van der Waals surface area (Å²) in [5.74, 6) is -0.0865. The zero-order valence-corrected chi connectivity index (χ0v) is 14.4. The maximum atomic E-state index is 12.6. The first-order valence-electron chi connectivity index (χ1n) is 8.04. The fourth-order valence-electron chi connectivity index (χ4n) is 2.84. The normalized spacial score (nSPS) is 16.5. The highest BCUT2D eigenvalue weighted by molar-refractivity contribution is 5.97. The molecule has 0 aromatic heterocycles. The van der Waals surface area contributed by atoms with E-state index in [4.69, 9.17) is 0 Å². The Bertz CT molecular complexity index is 670. The van der Waals surface area contributed by atoms with Crippen molar-refractivity contribution in [3.8, 4) is 11.8 Å². The number of hydrogen-bond donors (Lipinski definition) is 2. The molecule has 128 valence electrons. The molecule has 0 saturated carbocycles. The summed E-state index contributed by atoms with van der Waals surface area (Å²) in [6.45, 7) is 3.76. The molecule has 0 unspecified atom stereocenters. The number of nitrogens with one attached hydrogen (secondary N) is 1. The minimum atomic E-state index is -0.268. The maximum Gasteiger partial charge on any atom is 0.266 e. The highest BCUT2D eigenvalue weighted by Gasteiger charge is 2.25. The number of hydrogen-bond acceptors (Lipinski definition) is 5. The van der Waals surface area contributed by atoms with Gasteiger partial charge >= 0.3 is 0 Å². The molecule has 1 aliphatic rings. The monoisotopic (exact) mass is 328 g/mol. The number of aromatic hydroxyl groups is 1. The van der Waals surface area contributed by atoms with Gasteiger partial charge in [-0.05, 0) is 63.7 Å². The van der Waals surface area contributed by atoms with Gasteiger partial charge in [0.2, 0.25) is 0 Å². The molecule has 1 amide bonds. The van der Waals surface area contributed by atoms with Crippen LogP contribution in [0.5, 0.6) is 5.75 Å². The van der Waals surface area contributed by atoms with Crippen LogP contribution < -0.4 is 5.32 Å². The van der Waals surface area contributed by atoms with Gasteiger partial charge in [0.05, 0.1) is 0 Å². The SMILES string of the molecule is Cc1cc(O)ccc1N/C=C(/C#N)C(=O)N(C)C1CCN(C)CC1. The number of aryl methyl sites for hydroxylation is 1. The molecule has 0 bridgehead atoms. The van der Waals surface area contributed by atoms with Crippen LogP contribution in [0.15, 0.2) is 30.0 Å². The molecule has 0 aliphatic carbocycles. The molecule has 0 radical (unpaired) electrons. The van der Waals surface area contributed by atoms with Crippen molar-refractivity contribution in [1.82, 2.24) is 9.80 Å². The standard InChI is InChI=1S/C18H24N4O2/c1-13-10-16(23)4-5-17(13)20-12-14(11-19)18(24)22(3)15-6-8-21(2)9-7-15/h4-5,10,12,15,20,23H,6-9H2,1-3H3/b14-12-. The van der Waals surface area contributed by atoms with Crippen LogP contribution in [0.2, 0.25) is 0 Å². The second-order valence-electron chi connectivity index (χ2n) is 6.26. The lowest BCUT2D eigenvalue weighted by Gasteiger charge is -2.35. The average molecular weight is 328 g/mol. The van der Waals surface area contributed by atoms with Crippen LogP contribution in [0.3, 0.4) is 0 Å². The Kier molecular flexibility index (Phi) is 5.83.